The third kappa shape index (κ3) is 3.42. The highest BCUT2D eigenvalue weighted by molar-refractivity contribution is 6.40. The van der Waals surface area contributed by atoms with Crippen molar-refractivity contribution in [3.63, 3.8) is 0 Å². The van der Waals surface area contributed by atoms with E-state index in [4.69, 9.17) is 0 Å². The Balaban J connectivity index is 1.73. The Bertz CT molecular complexity index is 834. The number of halogens is 2. The molecule has 1 aliphatic rings. The largest absolute Gasteiger partial charge is 0.328 e. The SMILES string of the molecule is C=Cc1ccc(CN2CCN(c3ccc(F)c(F)c3)C(=O)C2=O)cc1. The zero-order valence-corrected chi connectivity index (χ0v) is 13.4. The monoisotopic (exact) mass is 342 g/mol. The molecular formula is C19H16F2N2O2. The van der Waals surface area contributed by atoms with Crippen molar-refractivity contribution in [1.82, 2.24) is 4.90 Å². The molecule has 2 aromatic rings. The minimum atomic E-state index is -1.05. The summed E-state index contributed by atoms with van der Waals surface area (Å²) in [5.74, 6) is -3.46. The lowest BCUT2D eigenvalue weighted by atomic mass is 10.1. The van der Waals surface area contributed by atoms with Crippen LogP contribution in [-0.2, 0) is 16.1 Å². The summed E-state index contributed by atoms with van der Waals surface area (Å²) in [4.78, 5) is 27.3. The van der Waals surface area contributed by atoms with E-state index in [9.17, 15) is 18.4 Å². The van der Waals surface area contributed by atoms with Crippen molar-refractivity contribution in [3.05, 3.63) is 71.8 Å². The molecule has 1 saturated heterocycles. The summed E-state index contributed by atoms with van der Waals surface area (Å²) in [6.07, 6.45) is 1.72. The van der Waals surface area contributed by atoms with Crippen molar-refractivity contribution in [1.29, 1.82) is 0 Å². The second-order valence-electron chi connectivity index (χ2n) is 5.73. The van der Waals surface area contributed by atoms with Gasteiger partial charge in [-0.05, 0) is 23.3 Å². The van der Waals surface area contributed by atoms with Crippen molar-refractivity contribution < 1.29 is 18.4 Å². The molecular weight excluding hydrogens is 326 g/mol. The summed E-state index contributed by atoms with van der Waals surface area (Å²) in [7, 11) is 0. The number of rotatable bonds is 4. The van der Waals surface area contributed by atoms with Gasteiger partial charge in [-0.1, -0.05) is 36.9 Å². The Morgan fingerprint density at radius 3 is 2.32 bits per heavy atom. The van der Waals surface area contributed by atoms with E-state index in [0.29, 0.717) is 13.1 Å². The van der Waals surface area contributed by atoms with Crippen LogP contribution in [0.25, 0.3) is 6.08 Å². The van der Waals surface area contributed by atoms with Crippen molar-refractivity contribution in [3.8, 4) is 0 Å². The maximum absolute atomic E-state index is 13.4. The number of amides is 2. The molecule has 0 saturated carbocycles. The Hall–Kier alpha value is -3.02. The van der Waals surface area contributed by atoms with E-state index in [1.807, 2.05) is 24.3 Å². The number of carbonyl (C=O) groups excluding carboxylic acids is 2. The molecule has 0 radical (unpaired) electrons. The summed E-state index contributed by atoms with van der Waals surface area (Å²) in [6, 6.07) is 10.7. The van der Waals surface area contributed by atoms with Crippen molar-refractivity contribution >= 4 is 23.6 Å². The third-order valence-electron chi connectivity index (χ3n) is 4.11. The third-order valence-corrected chi connectivity index (χ3v) is 4.11. The zero-order chi connectivity index (χ0) is 18.0. The van der Waals surface area contributed by atoms with Crippen molar-refractivity contribution in [2.45, 2.75) is 6.54 Å². The quantitative estimate of drug-likeness (QED) is 0.802. The fourth-order valence-corrected chi connectivity index (χ4v) is 2.70. The van der Waals surface area contributed by atoms with E-state index >= 15 is 0 Å². The number of piperazine rings is 1. The number of hydrogen-bond acceptors (Lipinski definition) is 2. The van der Waals surface area contributed by atoms with Gasteiger partial charge in [0.15, 0.2) is 11.6 Å². The molecule has 0 atom stereocenters. The van der Waals surface area contributed by atoms with E-state index in [1.54, 1.807) is 6.08 Å². The topological polar surface area (TPSA) is 40.6 Å². The molecule has 2 amide bonds. The molecule has 0 aromatic heterocycles. The number of benzene rings is 2. The van der Waals surface area contributed by atoms with Gasteiger partial charge in [-0.25, -0.2) is 8.78 Å². The predicted molar refractivity (Wildman–Crippen MR) is 90.7 cm³/mol. The van der Waals surface area contributed by atoms with Gasteiger partial charge in [0.25, 0.3) is 0 Å². The number of anilines is 1. The first-order valence-electron chi connectivity index (χ1n) is 7.77. The van der Waals surface area contributed by atoms with Crippen LogP contribution in [0.15, 0.2) is 49.0 Å². The summed E-state index contributed by atoms with van der Waals surface area (Å²) in [5, 5.41) is 0. The maximum Gasteiger partial charge on any atom is 0.316 e. The fraction of sp³-hybridized carbons (Fsp3) is 0.158. The van der Waals surface area contributed by atoms with Crippen LogP contribution in [0.1, 0.15) is 11.1 Å². The van der Waals surface area contributed by atoms with Crippen LogP contribution in [0.4, 0.5) is 14.5 Å². The highest BCUT2D eigenvalue weighted by Gasteiger charge is 2.33. The van der Waals surface area contributed by atoms with Crippen molar-refractivity contribution in [2.24, 2.45) is 0 Å². The average Bonchev–Trinajstić information content (AvgIpc) is 2.62. The molecule has 0 unspecified atom stereocenters. The lowest BCUT2D eigenvalue weighted by Gasteiger charge is -2.33. The molecule has 0 spiro atoms. The van der Waals surface area contributed by atoms with E-state index in [-0.39, 0.29) is 12.2 Å². The first-order valence-corrected chi connectivity index (χ1v) is 7.77. The van der Waals surface area contributed by atoms with Crippen LogP contribution in [0.3, 0.4) is 0 Å². The van der Waals surface area contributed by atoms with E-state index in [1.165, 1.54) is 15.9 Å². The zero-order valence-electron chi connectivity index (χ0n) is 13.4. The van der Waals surface area contributed by atoms with Gasteiger partial charge < -0.3 is 9.80 Å². The van der Waals surface area contributed by atoms with Gasteiger partial charge in [0.2, 0.25) is 0 Å². The maximum atomic E-state index is 13.4. The number of nitrogens with zero attached hydrogens (tertiary/aromatic N) is 2. The van der Waals surface area contributed by atoms with Crippen LogP contribution in [0, 0.1) is 11.6 Å². The van der Waals surface area contributed by atoms with Crippen LogP contribution >= 0.6 is 0 Å². The Kier molecular flexibility index (Phi) is 4.61. The predicted octanol–water partition coefficient (Wildman–Crippen LogP) is 2.98. The van der Waals surface area contributed by atoms with Crippen molar-refractivity contribution in [2.75, 3.05) is 18.0 Å². The van der Waals surface area contributed by atoms with Crippen LogP contribution < -0.4 is 4.90 Å². The standard InChI is InChI=1S/C19H16F2N2O2/c1-2-13-3-5-14(6-4-13)12-22-9-10-23(19(25)18(22)24)15-7-8-16(20)17(21)11-15/h2-8,11H,1,9-10,12H2. The minimum Gasteiger partial charge on any atom is -0.328 e. The molecule has 0 N–H and O–H groups in total. The van der Waals surface area contributed by atoms with Gasteiger partial charge in [0.05, 0.1) is 0 Å². The summed E-state index contributed by atoms with van der Waals surface area (Å²) >= 11 is 0. The smallest absolute Gasteiger partial charge is 0.316 e. The molecule has 25 heavy (non-hydrogen) atoms. The van der Waals surface area contributed by atoms with Gasteiger partial charge in [-0.2, -0.15) is 0 Å². The minimum absolute atomic E-state index is 0.173. The fourth-order valence-electron chi connectivity index (χ4n) is 2.70. The Morgan fingerprint density at radius 1 is 0.960 bits per heavy atom. The summed E-state index contributed by atoms with van der Waals surface area (Å²) < 4.78 is 26.4. The molecule has 4 nitrogen and oxygen atoms in total. The lowest BCUT2D eigenvalue weighted by molar-refractivity contribution is -0.146. The highest BCUT2D eigenvalue weighted by Crippen LogP contribution is 2.21. The van der Waals surface area contributed by atoms with Gasteiger partial charge in [-0.15, -0.1) is 0 Å². The molecule has 1 heterocycles. The molecule has 3 rings (SSSR count). The molecule has 1 fully saturated rings. The summed E-state index contributed by atoms with van der Waals surface area (Å²) in [5.41, 5.74) is 2.04. The number of hydrogen-bond donors (Lipinski definition) is 0. The highest BCUT2D eigenvalue weighted by atomic mass is 19.2. The van der Waals surface area contributed by atoms with Crippen LogP contribution in [-0.4, -0.2) is 29.8 Å². The second kappa shape index (κ2) is 6.84. The first-order chi connectivity index (χ1) is 12.0. The van der Waals surface area contributed by atoms with Crippen LogP contribution in [0.2, 0.25) is 0 Å². The lowest BCUT2D eigenvalue weighted by Crippen LogP contribution is -2.54. The Morgan fingerprint density at radius 2 is 1.68 bits per heavy atom. The van der Waals surface area contributed by atoms with E-state index < -0.39 is 23.4 Å². The Labute approximate surface area is 144 Å². The van der Waals surface area contributed by atoms with E-state index in [0.717, 1.165) is 23.3 Å². The van der Waals surface area contributed by atoms with Crippen LogP contribution in [0.5, 0.6) is 0 Å². The van der Waals surface area contributed by atoms with E-state index in [2.05, 4.69) is 6.58 Å². The number of carbonyl (C=O) groups is 2. The molecule has 6 heteroatoms. The molecule has 1 aliphatic heterocycles. The van der Waals surface area contributed by atoms with Gasteiger partial charge in [-0.3, -0.25) is 9.59 Å². The first kappa shape index (κ1) is 16.8. The molecule has 2 aromatic carbocycles. The second-order valence-corrected chi connectivity index (χ2v) is 5.73. The molecule has 128 valence electrons. The van der Waals surface area contributed by atoms with Gasteiger partial charge >= 0.3 is 11.8 Å². The normalized spacial score (nSPS) is 14.8. The summed E-state index contributed by atoms with van der Waals surface area (Å²) in [6.45, 7) is 4.53. The molecule has 0 aliphatic carbocycles. The average molecular weight is 342 g/mol. The van der Waals surface area contributed by atoms with Gasteiger partial charge in [0, 0.05) is 31.4 Å². The molecule has 0 bridgehead atoms. The van der Waals surface area contributed by atoms with Gasteiger partial charge in [0.1, 0.15) is 0 Å².